The van der Waals surface area contributed by atoms with Crippen molar-refractivity contribution in [1.29, 1.82) is 0 Å². The molecule has 4 aromatic rings. The molecule has 3 N–H and O–H groups in total. The molecule has 0 saturated carbocycles. The van der Waals surface area contributed by atoms with E-state index < -0.39 is 11.7 Å². The summed E-state index contributed by atoms with van der Waals surface area (Å²) in [6.07, 6.45) is 0.936. The zero-order valence-electron chi connectivity index (χ0n) is 20.5. The Morgan fingerprint density at radius 1 is 1.22 bits per heavy atom. The summed E-state index contributed by atoms with van der Waals surface area (Å²) in [5, 5.41) is 0.802. The number of nitrogens with two attached hydrogens (primary N) is 1. The quantitative estimate of drug-likeness (QED) is 0.432. The molecule has 0 radical (unpaired) electrons. The lowest BCUT2D eigenvalue weighted by molar-refractivity contribution is -0.117. The number of aromatic nitrogens is 2. The number of ether oxygens (including phenoxy) is 1. The largest absolute Gasteiger partial charge is 0.494 e. The van der Waals surface area contributed by atoms with E-state index >= 15 is 0 Å². The van der Waals surface area contributed by atoms with Crippen molar-refractivity contribution in [2.75, 3.05) is 34.3 Å². The Labute approximate surface area is 207 Å². The summed E-state index contributed by atoms with van der Waals surface area (Å²) < 4.78 is 19.4. The van der Waals surface area contributed by atoms with Gasteiger partial charge in [0.15, 0.2) is 11.6 Å². The summed E-state index contributed by atoms with van der Waals surface area (Å²) in [6, 6.07) is 12.2. The van der Waals surface area contributed by atoms with Gasteiger partial charge in [0.05, 0.1) is 30.3 Å². The molecule has 2 aromatic carbocycles. The number of nitrogens with one attached hydrogen (secondary N) is 1. The Balaban J connectivity index is 1.58. The lowest BCUT2D eigenvalue weighted by atomic mass is 10.0. The number of nitrogens with zero attached hydrogens (tertiary/aromatic N) is 3. The van der Waals surface area contributed by atoms with Crippen LogP contribution in [-0.2, 0) is 11.2 Å². The molecule has 1 aliphatic heterocycles. The SMILES string of the molecule is COc1ccc(-c2cc(CC(N)=O)c3[nH]c4cc(C(=O)N5CC[C@H](N(C)C)C5)ccc4c3n2)cc1F. The summed E-state index contributed by atoms with van der Waals surface area (Å²) in [4.78, 5) is 37.2. The second kappa shape index (κ2) is 9.23. The van der Waals surface area contributed by atoms with Gasteiger partial charge in [-0.2, -0.15) is 0 Å². The first kappa shape index (κ1) is 23.7. The standard InChI is InChI=1S/C27H28FN5O3/c1-32(2)18-8-9-33(14-18)27(35)16-4-6-19-22(11-16)31-25-17(13-24(29)34)12-21(30-26(19)25)15-5-7-23(36-3)20(28)10-15/h4-7,10-12,18,31H,8-9,13-14H2,1-3H3,(H2,29,34)/t18-/m0/s1. The molecule has 1 fully saturated rings. The highest BCUT2D eigenvalue weighted by atomic mass is 19.1. The average Bonchev–Trinajstić information content (AvgIpc) is 3.48. The van der Waals surface area contributed by atoms with Crippen molar-refractivity contribution in [2.24, 2.45) is 5.73 Å². The van der Waals surface area contributed by atoms with E-state index in [1.807, 2.05) is 31.1 Å². The monoisotopic (exact) mass is 489 g/mol. The van der Waals surface area contributed by atoms with Crippen LogP contribution in [0.1, 0.15) is 22.3 Å². The second-order valence-corrected chi connectivity index (χ2v) is 9.43. The van der Waals surface area contributed by atoms with E-state index in [0.717, 1.165) is 23.9 Å². The Morgan fingerprint density at radius 2 is 2.03 bits per heavy atom. The first-order valence-corrected chi connectivity index (χ1v) is 11.8. The number of benzene rings is 2. The molecule has 9 heteroatoms. The van der Waals surface area contributed by atoms with Crippen LogP contribution in [0.5, 0.6) is 5.75 Å². The number of likely N-dealkylation sites (N-methyl/N-ethyl adjacent to an activating group) is 1. The van der Waals surface area contributed by atoms with Crippen LogP contribution in [0, 0.1) is 5.82 Å². The Bertz CT molecular complexity index is 1500. The highest BCUT2D eigenvalue weighted by Gasteiger charge is 2.28. The normalized spacial score (nSPS) is 15.8. The molecular weight excluding hydrogens is 461 g/mol. The van der Waals surface area contributed by atoms with Gasteiger partial charge in [-0.1, -0.05) is 0 Å². The molecule has 0 aliphatic carbocycles. The van der Waals surface area contributed by atoms with Crippen LogP contribution in [0.2, 0.25) is 0 Å². The van der Waals surface area contributed by atoms with E-state index in [2.05, 4.69) is 9.88 Å². The average molecular weight is 490 g/mol. The molecule has 0 bridgehead atoms. The third-order valence-corrected chi connectivity index (χ3v) is 6.88. The van der Waals surface area contributed by atoms with Crippen LogP contribution in [0.3, 0.4) is 0 Å². The number of fused-ring (bicyclic) bond motifs is 3. The van der Waals surface area contributed by atoms with E-state index in [4.69, 9.17) is 15.5 Å². The van der Waals surface area contributed by atoms with Crippen LogP contribution < -0.4 is 10.5 Å². The zero-order valence-corrected chi connectivity index (χ0v) is 20.5. The fourth-order valence-corrected chi connectivity index (χ4v) is 4.89. The van der Waals surface area contributed by atoms with Gasteiger partial charge in [0, 0.05) is 41.2 Å². The van der Waals surface area contributed by atoms with Crippen LogP contribution in [0.25, 0.3) is 33.2 Å². The van der Waals surface area contributed by atoms with Crippen molar-refractivity contribution in [3.8, 4) is 17.0 Å². The van der Waals surface area contributed by atoms with Crippen molar-refractivity contribution in [3.05, 3.63) is 59.4 Å². The maximum Gasteiger partial charge on any atom is 0.253 e. The Morgan fingerprint density at radius 3 is 2.69 bits per heavy atom. The van der Waals surface area contributed by atoms with Crippen molar-refractivity contribution in [1.82, 2.24) is 19.8 Å². The predicted molar refractivity (Wildman–Crippen MR) is 136 cm³/mol. The number of halogens is 1. The van der Waals surface area contributed by atoms with Crippen LogP contribution in [-0.4, -0.2) is 71.9 Å². The predicted octanol–water partition coefficient (Wildman–Crippen LogP) is 3.33. The minimum Gasteiger partial charge on any atom is -0.494 e. The fraction of sp³-hybridized carbons (Fsp3) is 0.296. The minimum atomic E-state index is -0.506. The molecule has 36 heavy (non-hydrogen) atoms. The molecule has 1 atom stereocenters. The smallest absolute Gasteiger partial charge is 0.253 e. The molecule has 5 rings (SSSR count). The maximum absolute atomic E-state index is 14.4. The lowest BCUT2D eigenvalue weighted by Crippen LogP contribution is -2.34. The number of methoxy groups -OCH3 is 1. The van der Waals surface area contributed by atoms with Crippen molar-refractivity contribution < 1.29 is 18.7 Å². The van der Waals surface area contributed by atoms with Gasteiger partial charge in [-0.05, 0) is 68.5 Å². The first-order valence-electron chi connectivity index (χ1n) is 11.8. The van der Waals surface area contributed by atoms with E-state index in [-0.39, 0.29) is 18.1 Å². The van der Waals surface area contributed by atoms with E-state index in [0.29, 0.717) is 46.0 Å². The number of carbonyl (C=O) groups is 2. The van der Waals surface area contributed by atoms with Gasteiger partial charge in [-0.25, -0.2) is 9.37 Å². The number of primary amides is 1. The maximum atomic E-state index is 14.4. The number of pyridine rings is 1. The fourth-order valence-electron chi connectivity index (χ4n) is 4.89. The van der Waals surface area contributed by atoms with Crippen LogP contribution in [0.4, 0.5) is 4.39 Å². The molecule has 0 unspecified atom stereocenters. The number of likely N-dealkylation sites (tertiary alicyclic amines) is 1. The number of rotatable bonds is 6. The summed E-state index contributed by atoms with van der Waals surface area (Å²) >= 11 is 0. The third-order valence-electron chi connectivity index (χ3n) is 6.88. The van der Waals surface area contributed by atoms with Crippen LogP contribution in [0.15, 0.2) is 42.5 Å². The Hall–Kier alpha value is -3.98. The molecule has 2 amide bonds. The highest BCUT2D eigenvalue weighted by Crippen LogP contribution is 2.32. The van der Waals surface area contributed by atoms with Crippen molar-refractivity contribution >= 4 is 33.8 Å². The molecule has 8 nitrogen and oxygen atoms in total. The van der Waals surface area contributed by atoms with E-state index in [1.54, 1.807) is 18.2 Å². The minimum absolute atomic E-state index is 0.0109. The van der Waals surface area contributed by atoms with Crippen molar-refractivity contribution in [3.63, 3.8) is 0 Å². The molecule has 1 saturated heterocycles. The summed E-state index contributed by atoms with van der Waals surface area (Å²) in [5.41, 5.74) is 9.84. The zero-order chi connectivity index (χ0) is 25.6. The summed E-state index contributed by atoms with van der Waals surface area (Å²) in [6.45, 7) is 1.42. The molecule has 2 aromatic heterocycles. The first-order chi connectivity index (χ1) is 17.2. The van der Waals surface area contributed by atoms with Gasteiger partial charge in [0.1, 0.15) is 0 Å². The highest BCUT2D eigenvalue weighted by molar-refractivity contribution is 6.09. The van der Waals surface area contributed by atoms with Gasteiger partial charge in [0.25, 0.3) is 5.91 Å². The summed E-state index contributed by atoms with van der Waals surface area (Å²) in [5.74, 6) is -0.877. The van der Waals surface area contributed by atoms with Gasteiger partial charge in [-0.15, -0.1) is 0 Å². The number of hydrogen-bond acceptors (Lipinski definition) is 5. The molecule has 0 spiro atoms. The summed E-state index contributed by atoms with van der Waals surface area (Å²) in [7, 11) is 5.46. The van der Waals surface area contributed by atoms with E-state index in [1.165, 1.54) is 19.2 Å². The second-order valence-electron chi connectivity index (χ2n) is 9.43. The number of H-pyrrole nitrogens is 1. The number of carbonyl (C=O) groups excluding carboxylic acids is 2. The number of aromatic amines is 1. The van der Waals surface area contributed by atoms with E-state index in [9.17, 15) is 14.0 Å². The number of amides is 2. The van der Waals surface area contributed by atoms with Gasteiger partial charge in [0.2, 0.25) is 5.91 Å². The Kier molecular flexibility index (Phi) is 6.09. The molecule has 3 heterocycles. The lowest BCUT2D eigenvalue weighted by Gasteiger charge is -2.20. The van der Waals surface area contributed by atoms with Gasteiger partial charge < -0.3 is 25.3 Å². The topological polar surface area (TPSA) is 105 Å². The van der Waals surface area contributed by atoms with Crippen molar-refractivity contribution in [2.45, 2.75) is 18.9 Å². The molecule has 1 aliphatic rings. The molecule has 186 valence electrons. The van der Waals surface area contributed by atoms with Crippen LogP contribution >= 0.6 is 0 Å². The third kappa shape index (κ3) is 4.26. The number of hydrogen-bond donors (Lipinski definition) is 2. The van der Waals surface area contributed by atoms with Gasteiger partial charge >= 0.3 is 0 Å². The van der Waals surface area contributed by atoms with Gasteiger partial charge in [-0.3, -0.25) is 9.59 Å². The molecular formula is C27H28FN5O3.